The number of rotatable bonds is 2. The molecular formula is C15H19N3O4. The first-order chi connectivity index (χ1) is 10.7. The summed E-state index contributed by atoms with van der Waals surface area (Å²) in [5.74, 6) is -0.943. The van der Waals surface area contributed by atoms with Crippen molar-refractivity contribution in [1.82, 2.24) is 15.1 Å². The van der Waals surface area contributed by atoms with Crippen LogP contribution in [0.3, 0.4) is 0 Å². The van der Waals surface area contributed by atoms with Gasteiger partial charge in [-0.1, -0.05) is 0 Å². The summed E-state index contributed by atoms with van der Waals surface area (Å²) in [5, 5.41) is 2.74. The largest absolute Gasteiger partial charge is 0.472 e. The fourth-order valence-electron chi connectivity index (χ4n) is 2.93. The Hall–Kier alpha value is -2.31. The van der Waals surface area contributed by atoms with Gasteiger partial charge in [-0.15, -0.1) is 0 Å². The van der Waals surface area contributed by atoms with Gasteiger partial charge in [0.15, 0.2) is 0 Å². The minimum Gasteiger partial charge on any atom is -0.472 e. The number of amides is 3. The molecule has 7 heteroatoms. The lowest BCUT2D eigenvalue weighted by atomic mass is 9.97. The summed E-state index contributed by atoms with van der Waals surface area (Å²) in [6.07, 6.45) is 4.33. The third-order valence-corrected chi connectivity index (χ3v) is 4.23. The zero-order valence-electron chi connectivity index (χ0n) is 12.3. The number of furan rings is 1. The molecule has 7 nitrogen and oxygen atoms in total. The van der Waals surface area contributed by atoms with Crippen LogP contribution in [0.5, 0.6) is 0 Å². The zero-order valence-corrected chi connectivity index (χ0v) is 12.3. The average molecular weight is 305 g/mol. The topological polar surface area (TPSA) is 82.9 Å². The van der Waals surface area contributed by atoms with Gasteiger partial charge in [0, 0.05) is 32.7 Å². The van der Waals surface area contributed by atoms with E-state index < -0.39 is 5.92 Å². The van der Waals surface area contributed by atoms with Crippen LogP contribution < -0.4 is 5.32 Å². The number of nitrogens with one attached hydrogen (secondary N) is 1. The van der Waals surface area contributed by atoms with Crippen molar-refractivity contribution in [3.63, 3.8) is 0 Å². The van der Waals surface area contributed by atoms with Gasteiger partial charge >= 0.3 is 0 Å². The summed E-state index contributed by atoms with van der Waals surface area (Å²) in [7, 11) is 0. The Morgan fingerprint density at radius 1 is 1.18 bits per heavy atom. The third-order valence-electron chi connectivity index (χ3n) is 4.23. The molecule has 1 atom stereocenters. The van der Waals surface area contributed by atoms with Crippen LogP contribution >= 0.6 is 0 Å². The van der Waals surface area contributed by atoms with Gasteiger partial charge in [0.1, 0.15) is 12.2 Å². The summed E-state index contributed by atoms with van der Waals surface area (Å²) in [4.78, 5) is 39.8. The van der Waals surface area contributed by atoms with Gasteiger partial charge in [0.25, 0.3) is 5.91 Å². The summed E-state index contributed by atoms with van der Waals surface area (Å²) >= 11 is 0. The molecule has 1 aromatic heterocycles. The summed E-state index contributed by atoms with van der Waals surface area (Å²) in [6.45, 7) is 2.53. The third kappa shape index (κ3) is 2.84. The Kier molecular flexibility index (Phi) is 4.13. The van der Waals surface area contributed by atoms with Crippen LogP contribution in [-0.2, 0) is 9.59 Å². The molecule has 2 fully saturated rings. The number of nitrogens with zero attached hydrogens (tertiary/aromatic N) is 2. The highest BCUT2D eigenvalue weighted by Crippen LogP contribution is 2.17. The first-order valence-electron chi connectivity index (χ1n) is 7.55. The van der Waals surface area contributed by atoms with Gasteiger partial charge in [0.05, 0.1) is 11.8 Å². The van der Waals surface area contributed by atoms with Gasteiger partial charge < -0.3 is 19.5 Å². The lowest BCUT2D eigenvalue weighted by molar-refractivity contribution is -0.144. The fraction of sp³-hybridized carbons (Fsp3) is 0.533. The SMILES string of the molecule is O=C1NCCCC1C(=O)N1CCN(C(=O)c2ccoc2)CC1. The highest BCUT2D eigenvalue weighted by atomic mass is 16.3. The van der Waals surface area contributed by atoms with Crippen molar-refractivity contribution >= 4 is 17.7 Å². The molecular weight excluding hydrogens is 286 g/mol. The molecule has 118 valence electrons. The molecule has 0 aliphatic carbocycles. The zero-order chi connectivity index (χ0) is 15.5. The minimum absolute atomic E-state index is 0.0868. The Bertz CT molecular complexity index is 561. The van der Waals surface area contributed by atoms with Crippen molar-refractivity contribution in [3.05, 3.63) is 24.2 Å². The van der Waals surface area contributed by atoms with E-state index in [1.54, 1.807) is 15.9 Å². The maximum atomic E-state index is 12.4. The Labute approximate surface area is 128 Å². The van der Waals surface area contributed by atoms with Crippen molar-refractivity contribution in [1.29, 1.82) is 0 Å². The van der Waals surface area contributed by atoms with Gasteiger partial charge in [-0.25, -0.2) is 0 Å². The van der Waals surface area contributed by atoms with Gasteiger partial charge in [0.2, 0.25) is 11.8 Å². The first kappa shape index (κ1) is 14.6. The van der Waals surface area contributed by atoms with Crippen LogP contribution in [0.15, 0.2) is 23.0 Å². The first-order valence-corrected chi connectivity index (χ1v) is 7.55. The van der Waals surface area contributed by atoms with E-state index in [9.17, 15) is 14.4 Å². The van der Waals surface area contributed by atoms with E-state index in [2.05, 4.69) is 5.32 Å². The highest BCUT2D eigenvalue weighted by molar-refractivity contribution is 6.01. The fourth-order valence-corrected chi connectivity index (χ4v) is 2.93. The molecule has 22 heavy (non-hydrogen) atoms. The lowest BCUT2D eigenvalue weighted by Crippen LogP contribution is -2.54. The van der Waals surface area contributed by atoms with Crippen molar-refractivity contribution < 1.29 is 18.8 Å². The molecule has 3 rings (SSSR count). The second-order valence-corrected chi connectivity index (χ2v) is 5.62. The lowest BCUT2D eigenvalue weighted by Gasteiger charge is -2.36. The standard InChI is InChI=1S/C15H19N3O4/c19-13-12(2-1-4-16-13)15(21)18-7-5-17(6-8-18)14(20)11-3-9-22-10-11/h3,9-10,12H,1-2,4-8H2,(H,16,19). The van der Waals surface area contributed by atoms with Crippen LogP contribution in [0.1, 0.15) is 23.2 Å². The molecule has 0 bridgehead atoms. The summed E-state index contributed by atoms with van der Waals surface area (Å²) in [5.41, 5.74) is 0.520. The van der Waals surface area contributed by atoms with E-state index in [4.69, 9.17) is 4.42 Å². The summed E-state index contributed by atoms with van der Waals surface area (Å²) < 4.78 is 4.92. The number of piperazine rings is 1. The summed E-state index contributed by atoms with van der Waals surface area (Å²) in [6, 6.07) is 1.63. The van der Waals surface area contributed by atoms with E-state index in [-0.39, 0.29) is 17.7 Å². The van der Waals surface area contributed by atoms with Gasteiger partial charge in [-0.2, -0.15) is 0 Å². The van der Waals surface area contributed by atoms with E-state index >= 15 is 0 Å². The molecule has 0 aromatic carbocycles. The predicted octanol–water partition coefficient (Wildman–Crippen LogP) is 0.0902. The molecule has 2 aliphatic rings. The van der Waals surface area contributed by atoms with Crippen molar-refractivity contribution in [2.75, 3.05) is 32.7 Å². The quantitative estimate of drug-likeness (QED) is 0.785. The molecule has 1 aromatic rings. The number of hydrogen-bond acceptors (Lipinski definition) is 4. The van der Waals surface area contributed by atoms with E-state index in [1.165, 1.54) is 12.5 Å². The molecule has 0 spiro atoms. The minimum atomic E-state index is -0.565. The number of hydrogen-bond donors (Lipinski definition) is 1. The molecule has 3 heterocycles. The van der Waals surface area contributed by atoms with Crippen LogP contribution in [0.2, 0.25) is 0 Å². The second kappa shape index (κ2) is 6.21. The number of carbonyl (C=O) groups excluding carboxylic acids is 3. The van der Waals surface area contributed by atoms with Crippen LogP contribution in [-0.4, -0.2) is 60.2 Å². The maximum Gasteiger partial charge on any atom is 0.257 e. The average Bonchev–Trinajstić information content (AvgIpc) is 3.09. The Morgan fingerprint density at radius 3 is 2.55 bits per heavy atom. The van der Waals surface area contributed by atoms with Crippen LogP contribution in [0.25, 0.3) is 0 Å². The number of carbonyl (C=O) groups is 3. The maximum absolute atomic E-state index is 12.4. The van der Waals surface area contributed by atoms with E-state index in [0.29, 0.717) is 44.7 Å². The second-order valence-electron chi connectivity index (χ2n) is 5.62. The Morgan fingerprint density at radius 2 is 1.91 bits per heavy atom. The normalized spacial score (nSPS) is 22.4. The molecule has 1 N–H and O–H groups in total. The van der Waals surface area contributed by atoms with Crippen LogP contribution in [0.4, 0.5) is 0 Å². The van der Waals surface area contributed by atoms with E-state index in [1.807, 2.05) is 0 Å². The highest BCUT2D eigenvalue weighted by Gasteiger charge is 2.34. The van der Waals surface area contributed by atoms with Crippen LogP contribution in [0, 0.1) is 5.92 Å². The molecule has 3 amide bonds. The molecule has 1 unspecified atom stereocenters. The van der Waals surface area contributed by atoms with Gasteiger partial charge in [-0.05, 0) is 18.9 Å². The molecule has 2 saturated heterocycles. The smallest absolute Gasteiger partial charge is 0.257 e. The number of piperidine rings is 1. The van der Waals surface area contributed by atoms with E-state index in [0.717, 1.165) is 6.42 Å². The predicted molar refractivity (Wildman–Crippen MR) is 76.9 cm³/mol. The van der Waals surface area contributed by atoms with Crippen molar-refractivity contribution in [2.45, 2.75) is 12.8 Å². The molecule has 0 radical (unpaired) electrons. The molecule has 2 aliphatic heterocycles. The van der Waals surface area contributed by atoms with Crippen molar-refractivity contribution in [2.24, 2.45) is 5.92 Å². The van der Waals surface area contributed by atoms with Crippen molar-refractivity contribution in [3.8, 4) is 0 Å². The molecule has 0 saturated carbocycles. The monoisotopic (exact) mass is 305 g/mol. The van der Waals surface area contributed by atoms with Gasteiger partial charge in [-0.3, -0.25) is 14.4 Å². The Balaban J connectivity index is 1.56.